The van der Waals surface area contributed by atoms with Gasteiger partial charge in [-0.1, -0.05) is 0 Å². The quantitative estimate of drug-likeness (QED) is 0.306. The molecule has 0 saturated carbocycles. The van der Waals surface area contributed by atoms with E-state index in [0.29, 0.717) is 29.3 Å². The molecule has 3 N–H and O–H groups in total. The molecular weight excluding hydrogens is 459 g/mol. The van der Waals surface area contributed by atoms with Crippen molar-refractivity contribution in [1.82, 2.24) is 40.2 Å². The number of nitrogens with one attached hydrogen (secondary N) is 3. The highest BCUT2D eigenvalue weighted by molar-refractivity contribution is 6.00. The van der Waals surface area contributed by atoms with E-state index < -0.39 is 0 Å². The van der Waals surface area contributed by atoms with E-state index in [2.05, 4.69) is 35.3 Å². The first-order valence-electron chi connectivity index (χ1n) is 11.4. The summed E-state index contributed by atoms with van der Waals surface area (Å²) in [4.78, 5) is 14.5. The van der Waals surface area contributed by atoms with Crippen LogP contribution in [0.1, 0.15) is 0 Å². The fourth-order valence-electron chi connectivity index (χ4n) is 4.22. The maximum atomic E-state index is 14.5. The average molecular weight is 483 g/mol. The van der Waals surface area contributed by atoms with Crippen molar-refractivity contribution in [2.75, 3.05) is 27.2 Å². The maximum Gasteiger partial charge on any atom is 0.181 e. The van der Waals surface area contributed by atoms with Crippen molar-refractivity contribution < 1.29 is 9.13 Å². The number of H-pyrrole nitrogens is 3. The molecule has 0 radical (unpaired) electrons. The summed E-state index contributed by atoms with van der Waals surface area (Å²) in [6.07, 6.45) is 7.05. The lowest BCUT2D eigenvalue weighted by Gasteiger charge is -2.12. The van der Waals surface area contributed by atoms with Gasteiger partial charge in [-0.05, 0) is 44.4 Å². The highest BCUT2D eigenvalue weighted by Crippen LogP contribution is 2.35. The van der Waals surface area contributed by atoms with Crippen LogP contribution in [0.2, 0.25) is 0 Å². The Labute approximate surface area is 205 Å². The van der Waals surface area contributed by atoms with E-state index >= 15 is 0 Å². The molecule has 36 heavy (non-hydrogen) atoms. The number of likely N-dealkylation sites (N-methyl/N-ethyl adjacent to an activating group) is 1. The molecule has 5 heterocycles. The van der Waals surface area contributed by atoms with E-state index in [-0.39, 0.29) is 5.82 Å². The summed E-state index contributed by atoms with van der Waals surface area (Å²) in [7, 11) is 3.93. The summed E-state index contributed by atoms with van der Waals surface area (Å²) in [5.74, 6) is 0.0955. The lowest BCUT2D eigenvalue weighted by molar-refractivity contribution is 0.260. The van der Waals surface area contributed by atoms with Crippen LogP contribution in [-0.2, 0) is 0 Å². The third-order valence-corrected chi connectivity index (χ3v) is 6.01. The monoisotopic (exact) mass is 482 g/mol. The molecule has 0 aliphatic carbocycles. The number of aromatic nitrogens is 7. The SMILES string of the molecule is CN(C)CCOc1cc(F)cc(-c2nccc3[nH]c(-c4[nH]nc5ncc(-c6cn[nH]c6)cc45)cc23)c1. The number of ether oxygens (including phenoxy) is 1. The van der Waals surface area contributed by atoms with Crippen LogP contribution in [0.15, 0.2) is 61.2 Å². The molecule has 0 unspecified atom stereocenters. The zero-order chi connectivity index (χ0) is 24.6. The van der Waals surface area contributed by atoms with Crippen LogP contribution in [0.3, 0.4) is 0 Å². The highest BCUT2D eigenvalue weighted by Gasteiger charge is 2.16. The molecule has 6 rings (SSSR count). The molecule has 0 fully saturated rings. The minimum Gasteiger partial charge on any atom is -0.492 e. The first kappa shape index (κ1) is 21.9. The predicted octanol–water partition coefficient (Wildman–Crippen LogP) is 4.64. The van der Waals surface area contributed by atoms with E-state index in [1.807, 2.05) is 49.5 Å². The number of benzene rings is 1. The Balaban J connectivity index is 1.41. The van der Waals surface area contributed by atoms with Crippen molar-refractivity contribution in [3.63, 3.8) is 0 Å². The number of halogens is 1. The number of rotatable bonds is 7. The number of pyridine rings is 2. The minimum atomic E-state index is -0.376. The molecule has 0 aliphatic heterocycles. The molecule has 0 bridgehead atoms. The van der Waals surface area contributed by atoms with Gasteiger partial charge in [-0.3, -0.25) is 15.2 Å². The molecular formula is C26H23FN8O. The molecule has 0 atom stereocenters. The van der Waals surface area contributed by atoms with Gasteiger partial charge in [0.15, 0.2) is 5.65 Å². The van der Waals surface area contributed by atoms with Gasteiger partial charge in [-0.25, -0.2) is 9.37 Å². The Morgan fingerprint density at radius 3 is 2.72 bits per heavy atom. The second-order valence-electron chi connectivity index (χ2n) is 8.81. The second kappa shape index (κ2) is 8.90. The van der Waals surface area contributed by atoms with Crippen molar-refractivity contribution in [3.8, 4) is 39.5 Å². The minimum absolute atomic E-state index is 0.376. The summed E-state index contributed by atoms with van der Waals surface area (Å²) in [5, 5.41) is 16.1. The van der Waals surface area contributed by atoms with Crippen LogP contribution >= 0.6 is 0 Å². The maximum absolute atomic E-state index is 14.5. The molecule has 0 saturated heterocycles. The third-order valence-electron chi connectivity index (χ3n) is 6.01. The highest BCUT2D eigenvalue weighted by atomic mass is 19.1. The van der Waals surface area contributed by atoms with Crippen LogP contribution in [0.5, 0.6) is 5.75 Å². The van der Waals surface area contributed by atoms with Crippen molar-refractivity contribution in [2.45, 2.75) is 0 Å². The lowest BCUT2D eigenvalue weighted by atomic mass is 10.1. The smallest absolute Gasteiger partial charge is 0.181 e. The summed E-state index contributed by atoms with van der Waals surface area (Å²) in [6.45, 7) is 1.19. The van der Waals surface area contributed by atoms with E-state index in [1.54, 1.807) is 18.6 Å². The van der Waals surface area contributed by atoms with Crippen molar-refractivity contribution in [3.05, 3.63) is 67.0 Å². The fourth-order valence-corrected chi connectivity index (χ4v) is 4.22. The zero-order valence-corrected chi connectivity index (χ0v) is 19.7. The summed E-state index contributed by atoms with van der Waals surface area (Å²) in [5.41, 5.74) is 6.28. The van der Waals surface area contributed by atoms with Gasteiger partial charge in [0, 0.05) is 64.2 Å². The molecule has 1 aromatic carbocycles. The van der Waals surface area contributed by atoms with E-state index in [4.69, 9.17) is 4.74 Å². The van der Waals surface area contributed by atoms with Crippen LogP contribution in [-0.4, -0.2) is 67.5 Å². The molecule has 5 aromatic heterocycles. The summed E-state index contributed by atoms with van der Waals surface area (Å²) in [6, 6.07) is 10.6. The molecule has 9 nitrogen and oxygen atoms in total. The van der Waals surface area contributed by atoms with Crippen molar-refractivity contribution in [1.29, 1.82) is 0 Å². The van der Waals surface area contributed by atoms with Crippen LogP contribution in [0.4, 0.5) is 4.39 Å². The number of hydrogen-bond acceptors (Lipinski definition) is 6. The Hall–Kier alpha value is -4.57. The van der Waals surface area contributed by atoms with Gasteiger partial charge in [0.2, 0.25) is 0 Å². The third kappa shape index (κ3) is 4.07. The van der Waals surface area contributed by atoms with Gasteiger partial charge in [0.1, 0.15) is 18.2 Å². The normalized spacial score (nSPS) is 11.7. The van der Waals surface area contributed by atoms with E-state index in [1.165, 1.54) is 12.1 Å². The first-order valence-corrected chi connectivity index (χ1v) is 11.4. The molecule has 180 valence electrons. The molecule has 0 amide bonds. The fraction of sp³-hybridized carbons (Fsp3) is 0.154. The van der Waals surface area contributed by atoms with Gasteiger partial charge in [0.05, 0.1) is 23.3 Å². The standard InChI is InChI=1S/C26H23FN8O/c1-35(2)5-6-36-19-8-15(7-18(27)10-19)24-20-11-23(32-22(20)3-4-28-24)25-21-9-16(17-13-30-31-14-17)12-29-26(21)34-33-25/h3-4,7-14,32H,5-6H2,1-2H3,(H,30,31)(H,29,33,34). The van der Waals surface area contributed by atoms with Crippen molar-refractivity contribution >= 4 is 21.9 Å². The molecule has 0 aliphatic rings. The van der Waals surface area contributed by atoms with Gasteiger partial charge in [-0.15, -0.1) is 0 Å². The Morgan fingerprint density at radius 2 is 1.89 bits per heavy atom. The molecule has 0 spiro atoms. The van der Waals surface area contributed by atoms with Gasteiger partial charge in [0.25, 0.3) is 0 Å². The lowest BCUT2D eigenvalue weighted by Crippen LogP contribution is -2.19. The topological polar surface area (TPSA) is 111 Å². The summed E-state index contributed by atoms with van der Waals surface area (Å²) < 4.78 is 20.3. The van der Waals surface area contributed by atoms with Gasteiger partial charge >= 0.3 is 0 Å². The summed E-state index contributed by atoms with van der Waals surface area (Å²) >= 11 is 0. The van der Waals surface area contributed by atoms with E-state index in [0.717, 1.165) is 45.3 Å². The Bertz CT molecular complexity index is 1670. The van der Waals surface area contributed by atoms with Crippen LogP contribution in [0.25, 0.3) is 55.7 Å². The molecule has 6 aromatic rings. The largest absolute Gasteiger partial charge is 0.492 e. The van der Waals surface area contributed by atoms with Gasteiger partial charge in [-0.2, -0.15) is 10.2 Å². The predicted molar refractivity (Wildman–Crippen MR) is 136 cm³/mol. The van der Waals surface area contributed by atoms with Crippen LogP contribution < -0.4 is 4.74 Å². The number of hydrogen-bond donors (Lipinski definition) is 3. The zero-order valence-electron chi connectivity index (χ0n) is 19.7. The van der Waals surface area contributed by atoms with Crippen LogP contribution in [0, 0.1) is 5.82 Å². The number of fused-ring (bicyclic) bond motifs is 2. The number of aromatic amines is 3. The van der Waals surface area contributed by atoms with Crippen molar-refractivity contribution in [2.24, 2.45) is 0 Å². The Morgan fingerprint density at radius 1 is 0.972 bits per heavy atom. The Kier molecular flexibility index (Phi) is 5.42. The average Bonchev–Trinajstić information content (AvgIpc) is 3.62. The molecule has 10 heteroatoms. The van der Waals surface area contributed by atoms with E-state index in [9.17, 15) is 4.39 Å². The van der Waals surface area contributed by atoms with Gasteiger partial charge < -0.3 is 14.6 Å². The number of nitrogens with zero attached hydrogens (tertiary/aromatic N) is 5. The first-order chi connectivity index (χ1) is 17.5. The second-order valence-corrected chi connectivity index (χ2v) is 8.81.